The van der Waals surface area contributed by atoms with Crippen LogP contribution in [0.5, 0.6) is 0 Å². The maximum atomic E-state index is 10.9. The van der Waals surface area contributed by atoms with Crippen molar-refractivity contribution >= 4 is 35.4 Å². The molecule has 114 valence electrons. The predicted octanol–water partition coefficient (Wildman–Crippen LogP) is 2.04. The Morgan fingerprint density at radius 1 is 1.48 bits per heavy atom. The maximum Gasteiger partial charge on any atom is 0.348 e. The van der Waals surface area contributed by atoms with E-state index in [-0.39, 0.29) is 13.0 Å². The molecule has 0 heterocycles. The van der Waals surface area contributed by atoms with Crippen LogP contribution in [-0.4, -0.2) is 39.4 Å². The summed E-state index contributed by atoms with van der Waals surface area (Å²) >= 11 is 12.5. The molecule has 3 N–H and O–H groups in total. The summed E-state index contributed by atoms with van der Waals surface area (Å²) in [6.07, 6.45) is 2.38. The van der Waals surface area contributed by atoms with Crippen molar-refractivity contribution in [1.29, 1.82) is 0 Å². The molecule has 1 saturated carbocycles. The Kier molecular flexibility index (Phi) is 4.76. The summed E-state index contributed by atoms with van der Waals surface area (Å²) in [5.74, 6) is -1.16. The number of hydrogen-bond acceptors (Lipinski definition) is 4. The lowest BCUT2D eigenvalue weighted by molar-refractivity contribution is -0.128. The first kappa shape index (κ1) is 16.1. The van der Waals surface area contributed by atoms with E-state index in [1.165, 1.54) is 0 Å². The third kappa shape index (κ3) is 3.87. The van der Waals surface area contributed by atoms with Gasteiger partial charge in [0.2, 0.25) is 0 Å². The number of carboxylic acids is 1. The lowest BCUT2D eigenvalue weighted by Crippen LogP contribution is -2.50. The van der Waals surface area contributed by atoms with Crippen LogP contribution >= 0.6 is 23.2 Å². The fraction of sp³-hybridized carbons (Fsp3) is 0.429. The van der Waals surface area contributed by atoms with Gasteiger partial charge in [0.15, 0.2) is 0 Å². The number of nitrogens with one attached hydrogen (secondary N) is 1. The van der Waals surface area contributed by atoms with Crippen molar-refractivity contribution in [3.63, 3.8) is 0 Å². The highest BCUT2D eigenvalue weighted by Gasteiger charge is 2.57. The smallest absolute Gasteiger partial charge is 0.348 e. The molecule has 1 unspecified atom stereocenters. The normalized spacial score (nSPS) is 19.2. The second-order valence-electron chi connectivity index (χ2n) is 5.20. The first-order valence-electron chi connectivity index (χ1n) is 6.50. The third-order valence-electron chi connectivity index (χ3n) is 3.60. The van der Waals surface area contributed by atoms with Gasteiger partial charge in [0.25, 0.3) is 0 Å². The van der Waals surface area contributed by atoms with Crippen LogP contribution in [0.2, 0.25) is 5.02 Å². The van der Waals surface area contributed by atoms with E-state index in [9.17, 15) is 9.90 Å². The Morgan fingerprint density at radius 2 is 2.14 bits per heavy atom. The summed E-state index contributed by atoms with van der Waals surface area (Å²) in [6.45, 7) is 0.0471. The summed E-state index contributed by atoms with van der Waals surface area (Å²) < 4.78 is 0. The van der Waals surface area contributed by atoms with Gasteiger partial charge < -0.3 is 15.6 Å². The van der Waals surface area contributed by atoms with Crippen molar-refractivity contribution < 1.29 is 15.0 Å². The minimum absolute atomic E-state index is 0.0471. The zero-order chi connectivity index (χ0) is 15.5. The van der Waals surface area contributed by atoms with Gasteiger partial charge >= 0.3 is 5.97 Å². The van der Waals surface area contributed by atoms with E-state index >= 15 is 0 Å². The molecular formula is C14H16Cl2N2O3. The minimum atomic E-state index is -1.25. The van der Waals surface area contributed by atoms with Crippen LogP contribution in [0.1, 0.15) is 18.4 Å². The van der Waals surface area contributed by atoms with Crippen LogP contribution in [-0.2, 0) is 11.2 Å². The number of aliphatic carboxylic acids is 1. The fourth-order valence-electron chi connectivity index (χ4n) is 2.19. The molecule has 1 aliphatic carbocycles. The third-order valence-corrected chi connectivity index (χ3v) is 4.70. The molecule has 0 radical (unpaired) electrons. The monoisotopic (exact) mass is 330 g/mol. The molecule has 0 aliphatic heterocycles. The number of carboxylic acid groups (broad SMARTS) is 1. The summed E-state index contributed by atoms with van der Waals surface area (Å²) in [5.41, 5.74) is 2.09. The lowest BCUT2D eigenvalue weighted by atomic mass is 9.89. The summed E-state index contributed by atoms with van der Waals surface area (Å²) in [6, 6.07) is 7.23. The minimum Gasteiger partial charge on any atom is -0.477 e. The van der Waals surface area contributed by atoms with Crippen molar-refractivity contribution in [2.24, 2.45) is 5.10 Å². The van der Waals surface area contributed by atoms with Crippen molar-refractivity contribution in [1.82, 2.24) is 5.43 Å². The Balaban J connectivity index is 2.11. The van der Waals surface area contributed by atoms with E-state index in [1.54, 1.807) is 6.07 Å². The summed E-state index contributed by atoms with van der Waals surface area (Å²) in [4.78, 5) is 9.65. The lowest BCUT2D eigenvalue weighted by Gasteiger charge is -2.33. The molecular weight excluding hydrogens is 315 g/mol. The van der Waals surface area contributed by atoms with Gasteiger partial charge in [0.05, 0.1) is 11.4 Å². The van der Waals surface area contributed by atoms with Crippen LogP contribution in [0.3, 0.4) is 0 Å². The summed E-state index contributed by atoms with van der Waals surface area (Å²) in [7, 11) is 0. The van der Waals surface area contributed by atoms with Crippen LogP contribution < -0.4 is 5.43 Å². The fourth-order valence-corrected chi connectivity index (χ4v) is 2.62. The van der Waals surface area contributed by atoms with Crippen molar-refractivity contribution in [2.75, 3.05) is 6.54 Å². The molecule has 0 aromatic heterocycles. The average Bonchev–Trinajstić information content (AvgIpc) is 3.17. The maximum absolute atomic E-state index is 10.9. The molecule has 0 amide bonds. The van der Waals surface area contributed by atoms with Crippen LogP contribution in [0.4, 0.5) is 0 Å². The first-order chi connectivity index (χ1) is 9.86. The van der Waals surface area contributed by atoms with Crippen LogP contribution in [0.25, 0.3) is 0 Å². The molecule has 1 fully saturated rings. The van der Waals surface area contributed by atoms with Gasteiger partial charge in [-0.1, -0.05) is 29.8 Å². The van der Waals surface area contributed by atoms with Crippen molar-refractivity contribution in [3.05, 3.63) is 34.9 Å². The molecule has 1 aromatic carbocycles. The van der Waals surface area contributed by atoms with Gasteiger partial charge in [0.1, 0.15) is 11.8 Å². The van der Waals surface area contributed by atoms with Crippen molar-refractivity contribution in [2.45, 2.75) is 29.7 Å². The number of alkyl halides is 1. The number of halogens is 2. The zero-order valence-electron chi connectivity index (χ0n) is 11.2. The van der Waals surface area contributed by atoms with E-state index in [0.29, 0.717) is 17.9 Å². The average molecular weight is 331 g/mol. The molecule has 7 heteroatoms. The molecule has 1 aromatic rings. The quantitative estimate of drug-likeness (QED) is 0.406. The number of benzene rings is 1. The predicted molar refractivity (Wildman–Crippen MR) is 82.1 cm³/mol. The van der Waals surface area contributed by atoms with Crippen molar-refractivity contribution in [3.8, 4) is 0 Å². The molecule has 2 rings (SSSR count). The SMILES string of the molecule is O=C(O)/C=N/NCC(O)(Cc1ccccc1Cl)C1(Cl)CC1. The number of hydrazone groups is 1. The molecule has 1 aliphatic rings. The number of nitrogens with zero attached hydrogens (tertiary/aromatic N) is 1. The van der Waals surface area contributed by atoms with Gasteiger partial charge in [-0.25, -0.2) is 4.79 Å². The van der Waals surface area contributed by atoms with Gasteiger partial charge in [-0.15, -0.1) is 11.6 Å². The molecule has 1 atom stereocenters. The van der Waals surface area contributed by atoms with E-state index < -0.39 is 16.4 Å². The van der Waals surface area contributed by atoms with E-state index in [2.05, 4.69) is 10.5 Å². The van der Waals surface area contributed by atoms with Gasteiger partial charge in [-0.3, -0.25) is 0 Å². The largest absolute Gasteiger partial charge is 0.477 e. The summed E-state index contributed by atoms with van der Waals surface area (Å²) in [5, 5.41) is 23.5. The van der Waals surface area contributed by atoms with E-state index in [4.69, 9.17) is 28.3 Å². The second kappa shape index (κ2) is 6.22. The molecule has 0 saturated heterocycles. The van der Waals surface area contributed by atoms with E-state index in [0.717, 1.165) is 11.8 Å². The molecule has 0 spiro atoms. The molecule has 5 nitrogen and oxygen atoms in total. The number of rotatable bonds is 7. The van der Waals surface area contributed by atoms with Gasteiger partial charge in [-0.05, 0) is 24.5 Å². The Hall–Kier alpha value is -1.30. The number of hydrogen-bond donors (Lipinski definition) is 3. The number of aliphatic hydroxyl groups is 1. The highest BCUT2D eigenvalue weighted by molar-refractivity contribution is 6.31. The number of carbonyl (C=O) groups is 1. The van der Waals surface area contributed by atoms with Gasteiger partial charge in [0, 0.05) is 11.4 Å². The highest BCUT2D eigenvalue weighted by Crippen LogP contribution is 2.52. The topological polar surface area (TPSA) is 81.9 Å². The zero-order valence-corrected chi connectivity index (χ0v) is 12.7. The Morgan fingerprint density at radius 3 is 2.71 bits per heavy atom. The standard InChI is InChI=1S/C14H16Cl2N2O3/c15-11-4-2-1-3-10(11)7-14(21,13(16)5-6-13)9-18-17-8-12(19)20/h1-4,8,18,21H,5-7,9H2,(H,19,20)/b17-8+. The Labute approximate surface area is 132 Å². The van der Waals surface area contributed by atoms with Crippen LogP contribution in [0, 0.1) is 0 Å². The first-order valence-corrected chi connectivity index (χ1v) is 7.25. The molecule has 0 bridgehead atoms. The molecule has 21 heavy (non-hydrogen) atoms. The van der Waals surface area contributed by atoms with E-state index in [1.807, 2.05) is 18.2 Å². The second-order valence-corrected chi connectivity index (χ2v) is 6.33. The Bertz CT molecular complexity index is 561. The highest BCUT2D eigenvalue weighted by atomic mass is 35.5. The van der Waals surface area contributed by atoms with Gasteiger partial charge in [-0.2, -0.15) is 5.10 Å². The van der Waals surface area contributed by atoms with Crippen LogP contribution in [0.15, 0.2) is 29.4 Å².